The molecule has 0 saturated carbocycles. The Morgan fingerprint density at radius 1 is 0.750 bits per heavy atom. The predicted octanol–water partition coefficient (Wildman–Crippen LogP) is 6.46. The highest BCUT2D eigenvalue weighted by molar-refractivity contribution is 6.55. The Bertz CT molecular complexity index is 1820. The molecule has 48 heavy (non-hydrogen) atoms. The van der Waals surface area contributed by atoms with E-state index in [4.69, 9.17) is 18.9 Å². The molecule has 3 aromatic rings. The van der Waals surface area contributed by atoms with Gasteiger partial charge in [0, 0.05) is 10.9 Å². The van der Waals surface area contributed by atoms with Crippen LogP contribution in [0.4, 0.5) is 5.69 Å². The molecule has 11 heteroatoms. The van der Waals surface area contributed by atoms with Gasteiger partial charge in [0.1, 0.15) is 11.4 Å². The minimum Gasteiger partial charge on any atom is -0.505 e. The van der Waals surface area contributed by atoms with Crippen LogP contribution in [-0.2, 0) is 33.3 Å². The highest BCUT2D eigenvalue weighted by atomic mass is 16.7. The van der Waals surface area contributed by atoms with Crippen molar-refractivity contribution in [1.82, 2.24) is 4.57 Å². The van der Waals surface area contributed by atoms with Crippen molar-refractivity contribution in [2.24, 2.45) is 21.2 Å². The van der Waals surface area contributed by atoms with Crippen LogP contribution in [-0.4, -0.2) is 63.5 Å². The maximum absolute atomic E-state index is 13.8. The molecule has 0 spiro atoms. The Morgan fingerprint density at radius 3 is 1.81 bits per heavy atom. The first kappa shape index (κ1) is 34.8. The van der Waals surface area contributed by atoms with Crippen molar-refractivity contribution in [3.8, 4) is 5.75 Å². The van der Waals surface area contributed by atoms with Crippen LogP contribution in [0, 0.1) is 16.2 Å². The van der Waals surface area contributed by atoms with E-state index in [1.165, 1.54) is 0 Å². The Kier molecular flexibility index (Phi) is 8.83. The molecule has 1 fully saturated rings. The third-order valence-corrected chi connectivity index (χ3v) is 8.27. The fraction of sp³-hybridized carbons (Fsp3) is 0.486. The second-order valence-electron chi connectivity index (χ2n) is 15.5. The van der Waals surface area contributed by atoms with Crippen LogP contribution >= 0.6 is 0 Å². The second kappa shape index (κ2) is 12.2. The number of fused-ring (bicyclic) bond motifs is 2. The smallest absolute Gasteiger partial charge is 0.311 e. The average Bonchev–Trinajstić information content (AvgIpc) is 3.47. The fourth-order valence-electron chi connectivity index (χ4n) is 5.48. The largest absolute Gasteiger partial charge is 0.505 e. The van der Waals surface area contributed by atoms with Gasteiger partial charge in [-0.1, -0.05) is 24.3 Å². The van der Waals surface area contributed by atoms with E-state index in [1.807, 2.05) is 0 Å². The Morgan fingerprint density at radius 2 is 1.25 bits per heavy atom. The van der Waals surface area contributed by atoms with Crippen molar-refractivity contribution in [2.75, 3.05) is 0 Å². The summed E-state index contributed by atoms with van der Waals surface area (Å²) in [5.74, 6) is -2.48. The average molecular weight is 661 g/mol. The van der Waals surface area contributed by atoms with Gasteiger partial charge in [0.25, 0.3) is 0 Å². The molecule has 0 aliphatic carbocycles. The van der Waals surface area contributed by atoms with Crippen LogP contribution in [0.15, 0.2) is 53.5 Å². The van der Waals surface area contributed by atoms with Crippen molar-refractivity contribution < 1.29 is 43.2 Å². The minimum atomic E-state index is -1.41. The van der Waals surface area contributed by atoms with Gasteiger partial charge in [-0.05, 0) is 93.5 Å². The molecule has 1 aromatic heterocycles. The summed E-state index contributed by atoms with van der Waals surface area (Å²) in [5.41, 5.74) is -1.65. The van der Waals surface area contributed by atoms with Gasteiger partial charge < -0.3 is 28.6 Å². The number of Topliss-reactive ketones (excluding diaryl/α,β-unsaturated/α-hetero) is 1. The van der Waals surface area contributed by atoms with Crippen molar-refractivity contribution >= 4 is 46.0 Å². The third kappa shape index (κ3) is 6.35. The van der Waals surface area contributed by atoms with E-state index in [2.05, 4.69) is 4.99 Å². The highest BCUT2D eigenvalue weighted by Gasteiger charge is 2.54. The van der Waals surface area contributed by atoms with Gasteiger partial charge in [-0.3, -0.25) is 19.2 Å². The van der Waals surface area contributed by atoms with E-state index in [0.29, 0.717) is 22.2 Å². The zero-order valence-electron chi connectivity index (χ0n) is 29.1. The van der Waals surface area contributed by atoms with E-state index in [0.717, 1.165) is 0 Å². The lowest BCUT2D eigenvalue weighted by Gasteiger charge is -2.46. The van der Waals surface area contributed by atoms with Crippen molar-refractivity contribution in [1.29, 1.82) is 0 Å². The summed E-state index contributed by atoms with van der Waals surface area (Å²) < 4.78 is 26.5. The molecule has 0 amide bonds. The number of aliphatic imine (C=N–C) groups is 1. The van der Waals surface area contributed by atoms with E-state index in [9.17, 15) is 24.3 Å². The molecule has 0 bridgehead atoms. The molecular formula is C37H44N2O9. The van der Waals surface area contributed by atoms with Crippen LogP contribution in [0.2, 0.25) is 0 Å². The summed E-state index contributed by atoms with van der Waals surface area (Å²) >= 11 is 0. The number of carbonyl (C=O) groups is 4. The number of esters is 3. The summed E-state index contributed by atoms with van der Waals surface area (Å²) in [6.07, 6.45) is -6.15. The number of ketones is 1. The first-order chi connectivity index (χ1) is 22.2. The number of aromatic nitrogens is 1. The molecular weight excluding hydrogens is 616 g/mol. The van der Waals surface area contributed by atoms with Crippen molar-refractivity contribution in [3.05, 3.63) is 59.8 Å². The van der Waals surface area contributed by atoms with Gasteiger partial charge in [0.2, 0.25) is 5.78 Å². The van der Waals surface area contributed by atoms with E-state index < -0.39 is 70.6 Å². The molecule has 0 unspecified atom stereocenters. The highest BCUT2D eigenvalue weighted by Crippen LogP contribution is 2.44. The predicted molar refractivity (Wildman–Crippen MR) is 178 cm³/mol. The molecule has 2 aliphatic rings. The molecule has 256 valence electrons. The minimum absolute atomic E-state index is 0.0356. The summed E-state index contributed by atoms with van der Waals surface area (Å²) in [7, 11) is 0. The number of benzene rings is 2. The maximum Gasteiger partial charge on any atom is 0.311 e. The molecule has 5 atom stereocenters. The lowest BCUT2D eigenvalue weighted by molar-refractivity contribution is -0.265. The number of rotatable bonds is 5. The second-order valence-corrected chi connectivity index (χ2v) is 15.5. The van der Waals surface area contributed by atoms with Crippen molar-refractivity contribution in [2.45, 2.75) is 99.9 Å². The lowest BCUT2D eigenvalue weighted by Crippen LogP contribution is -2.60. The van der Waals surface area contributed by atoms with E-state index >= 15 is 0 Å². The van der Waals surface area contributed by atoms with Gasteiger partial charge in [0.05, 0.1) is 33.6 Å². The van der Waals surface area contributed by atoms with Crippen LogP contribution < -0.4 is 0 Å². The topological polar surface area (TPSA) is 143 Å². The normalized spacial score (nSPS) is 23.0. The molecule has 2 aliphatic heterocycles. The number of carbonyl (C=O) groups excluding carboxylic acids is 4. The first-order valence-electron chi connectivity index (χ1n) is 16.0. The Hall–Kier alpha value is -4.51. The third-order valence-electron chi connectivity index (χ3n) is 8.27. The summed E-state index contributed by atoms with van der Waals surface area (Å²) in [5, 5.41) is 12.1. The molecule has 1 N–H and O–H groups in total. The molecule has 3 heterocycles. The summed E-state index contributed by atoms with van der Waals surface area (Å²) in [4.78, 5) is 58.9. The van der Waals surface area contributed by atoms with Gasteiger partial charge in [-0.15, -0.1) is 0 Å². The standard InChI is InChI=1S/C37H44N2O9/c1-19-28(46-32(42)35(2,3)4)29(47-33(43)36(5,6)7)30(48-34(44)37(8,9)10)31(45-19)39-23-18-14-12-16-21(23)27(41)25(39)24-26(40)20-15-11-13-17-22(20)38-24/h11-19,28-31,41H,1-10H3/t19-,28-,29+,30+,31+/m0/s1. The van der Waals surface area contributed by atoms with Crippen LogP contribution in [0.3, 0.4) is 0 Å². The number of para-hydroxylation sites is 2. The number of hydrogen-bond acceptors (Lipinski definition) is 10. The lowest BCUT2D eigenvalue weighted by atomic mass is 9.92. The van der Waals surface area contributed by atoms with Gasteiger partial charge >= 0.3 is 17.9 Å². The molecule has 11 nitrogen and oxygen atoms in total. The number of ether oxygens (including phenoxy) is 4. The molecule has 2 aromatic carbocycles. The maximum atomic E-state index is 13.8. The SMILES string of the molecule is C[C@@H]1O[C@@H](n2c(C3=Nc4ccccc4C3=O)c(O)c3ccccc32)[C@H](OC(=O)C(C)(C)C)[C@H](OC(=O)C(C)(C)C)[C@H]1OC(=O)C(C)(C)C. The number of hydrogen-bond donors (Lipinski definition) is 1. The van der Waals surface area contributed by atoms with Crippen LogP contribution in [0.5, 0.6) is 5.75 Å². The number of aromatic hydroxyl groups is 1. The zero-order chi connectivity index (χ0) is 35.5. The van der Waals surface area contributed by atoms with Gasteiger partial charge in [0.15, 0.2) is 30.3 Å². The summed E-state index contributed by atoms with van der Waals surface area (Å²) in [6.45, 7) is 16.8. The van der Waals surface area contributed by atoms with Crippen LogP contribution in [0.25, 0.3) is 10.9 Å². The number of nitrogens with zero attached hydrogens (tertiary/aromatic N) is 2. The fourth-order valence-corrected chi connectivity index (χ4v) is 5.48. The molecule has 0 radical (unpaired) electrons. The zero-order valence-corrected chi connectivity index (χ0v) is 29.1. The van der Waals surface area contributed by atoms with Crippen molar-refractivity contribution in [3.63, 3.8) is 0 Å². The van der Waals surface area contributed by atoms with Gasteiger partial charge in [-0.2, -0.15) is 0 Å². The first-order valence-corrected chi connectivity index (χ1v) is 16.0. The Labute approximate surface area is 280 Å². The quantitative estimate of drug-likeness (QED) is 0.241. The monoisotopic (exact) mass is 660 g/mol. The van der Waals surface area contributed by atoms with E-state index in [1.54, 1.807) is 122 Å². The molecule has 5 rings (SSSR count). The summed E-state index contributed by atoms with van der Waals surface area (Å²) in [6, 6.07) is 13.7. The van der Waals surface area contributed by atoms with E-state index in [-0.39, 0.29) is 17.2 Å². The Balaban J connectivity index is 1.75. The van der Waals surface area contributed by atoms with Crippen LogP contribution in [0.1, 0.15) is 91.5 Å². The molecule has 1 saturated heterocycles. The van der Waals surface area contributed by atoms with Gasteiger partial charge in [-0.25, -0.2) is 4.99 Å².